The van der Waals surface area contributed by atoms with Crippen LogP contribution in [0.4, 0.5) is 10.1 Å². The van der Waals surface area contributed by atoms with Crippen molar-refractivity contribution in [2.45, 2.75) is 12.8 Å². The van der Waals surface area contributed by atoms with Crippen LogP contribution >= 0.6 is 0 Å². The van der Waals surface area contributed by atoms with Crippen molar-refractivity contribution >= 4 is 28.5 Å². The molecule has 2 N–H and O–H groups in total. The molecule has 0 atom stereocenters. The quantitative estimate of drug-likeness (QED) is 0.704. The van der Waals surface area contributed by atoms with Gasteiger partial charge in [0.1, 0.15) is 5.82 Å². The smallest absolute Gasteiger partial charge is 0.408 e. The molecule has 7 heteroatoms. The minimum absolute atomic E-state index is 0.0412. The van der Waals surface area contributed by atoms with E-state index < -0.39 is 17.5 Å². The molecular weight excluding hydrogens is 315 g/mol. The highest BCUT2D eigenvalue weighted by atomic mass is 19.1. The molecule has 0 fully saturated rings. The molecule has 0 bridgehead atoms. The second kappa shape index (κ2) is 6.49. The van der Waals surface area contributed by atoms with Gasteiger partial charge in [0.2, 0.25) is 5.91 Å². The Morgan fingerprint density at radius 2 is 1.92 bits per heavy atom. The highest BCUT2D eigenvalue weighted by Crippen LogP contribution is 2.16. The maximum Gasteiger partial charge on any atom is 0.417 e. The zero-order valence-electron chi connectivity index (χ0n) is 12.5. The van der Waals surface area contributed by atoms with Gasteiger partial charge in [-0.3, -0.25) is 14.6 Å². The molecule has 0 aliphatic heterocycles. The summed E-state index contributed by atoms with van der Waals surface area (Å²) in [5.74, 6) is -1.86. The maximum atomic E-state index is 13.4. The number of fused-ring (bicyclic) bond motifs is 1. The van der Waals surface area contributed by atoms with Gasteiger partial charge in [0.15, 0.2) is 11.4 Å². The van der Waals surface area contributed by atoms with Crippen LogP contribution in [0, 0.1) is 5.82 Å². The highest BCUT2D eigenvalue weighted by Gasteiger charge is 2.12. The van der Waals surface area contributed by atoms with E-state index in [4.69, 9.17) is 4.42 Å². The average molecular weight is 328 g/mol. The number of hydrogen-bond acceptors (Lipinski definition) is 4. The van der Waals surface area contributed by atoms with Crippen LogP contribution < -0.4 is 11.1 Å². The van der Waals surface area contributed by atoms with Gasteiger partial charge >= 0.3 is 5.76 Å². The first-order valence-electron chi connectivity index (χ1n) is 7.23. The monoisotopic (exact) mass is 328 g/mol. The number of ketones is 1. The van der Waals surface area contributed by atoms with Crippen molar-refractivity contribution in [3.8, 4) is 0 Å². The van der Waals surface area contributed by atoms with Crippen LogP contribution in [0.25, 0.3) is 11.1 Å². The average Bonchev–Trinajstić information content (AvgIpc) is 2.94. The van der Waals surface area contributed by atoms with Gasteiger partial charge in [-0.05, 0) is 30.3 Å². The Morgan fingerprint density at radius 3 is 2.71 bits per heavy atom. The molecule has 3 rings (SSSR count). The fourth-order valence-electron chi connectivity index (χ4n) is 2.27. The van der Waals surface area contributed by atoms with E-state index in [9.17, 15) is 18.8 Å². The van der Waals surface area contributed by atoms with Crippen molar-refractivity contribution in [3.05, 3.63) is 64.4 Å². The lowest BCUT2D eigenvalue weighted by atomic mass is 10.1. The Bertz CT molecular complexity index is 974. The minimum Gasteiger partial charge on any atom is -0.408 e. The zero-order chi connectivity index (χ0) is 17.1. The predicted molar refractivity (Wildman–Crippen MR) is 85.4 cm³/mol. The normalized spacial score (nSPS) is 10.7. The maximum absolute atomic E-state index is 13.4. The summed E-state index contributed by atoms with van der Waals surface area (Å²) in [5.41, 5.74) is 1.19. The third-order valence-corrected chi connectivity index (χ3v) is 3.47. The second-order valence-electron chi connectivity index (χ2n) is 5.18. The summed E-state index contributed by atoms with van der Waals surface area (Å²) < 4.78 is 18.3. The van der Waals surface area contributed by atoms with Gasteiger partial charge < -0.3 is 9.73 Å². The summed E-state index contributed by atoms with van der Waals surface area (Å²) in [4.78, 5) is 37.5. The highest BCUT2D eigenvalue weighted by molar-refractivity contribution is 6.01. The number of aromatic nitrogens is 1. The number of oxazole rings is 1. The van der Waals surface area contributed by atoms with Crippen molar-refractivity contribution < 1.29 is 18.4 Å². The number of rotatable bonds is 5. The number of benzene rings is 2. The Balaban J connectivity index is 1.62. The first kappa shape index (κ1) is 15.7. The van der Waals surface area contributed by atoms with Gasteiger partial charge in [-0.25, -0.2) is 9.18 Å². The molecule has 2 aromatic carbocycles. The third kappa shape index (κ3) is 3.40. The molecule has 24 heavy (non-hydrogen) atoms. The molecule has 0 saturated heterocycles. The lowest BCUT2D eigenvalue weighted by molar-refractivity contribution is -0.116. The number of halogens is 1. The summed E-state index contributed by atoms with van der Waals surface area (Å²) in [6.45, 7) is 0. The molecule has 0 radical (unpaired) electrons. The van der Waals surface area contributed by atoms with Crippen LogP contribution in [0.3, 0.4) is 0 Å². The van der Waals surface area contributed by atoms with E-state index in [1.807, 2.05) is 0 Å². The number of carbonyl (C=O) groups excluding carboxylic acids is 2. The van der Waals surface area contributed by atoms with Crippen LogP contribution in [-0.4, -0.2) is 16.7 Å². The van der Waals surface area contributed by atoms with Gasteiger partial charge in [0.25, 0.3) is 0 Å². The number of nitrogens with one attached hydrogen (secondary N) is 2. The van der Waals surface area contributed by atoms with Crippen LogP contribution in [0.15, 0.2) is 51.7 Å². The van der Waals surface area contributed by atoms with Crippen LogP contribution in [0.1, 0.15) is 23.2 Å². The summed E-state index contributed by atoms with van der Waals surface area (Å²) >= 11 is 0. The van der Waals surface area contributed by atoms with Crippen LogP contribution in [0.2, 0.25) is 0 Å². The van der Waals surface area contributed by atoms with Gasteiger partial charge in [0.05, 0.1) is 11.2 Å². The van der Waals surface area contributed by atoms with E-state index in [0.717, 1.165) is 0 Å². The van der Waals surface area contributed by atoms with E-state index in [-0.39, 0.29) is 29.9 Å². The Labute approximate surface area is 135 Å². The van der Waals surface area contributed by atoms with Crippen LogP contribution in [-0.2, 0) is 4.79 Å². The summed E-state index contributed by atoms with van der Waals surface area (Å²) in [5, 5.41) is 2.42. The number of aromatic amines is 1. The van der Waals surface area contributed by atoms with Crippen molar-refractivity contribution in [1.29, 1.82) is 0 Å². The predicted octanol–water partition coefficient (Wildman–Crippen LogP) is 2.86. The van der Waals surface area contributed by atoms with Crippen LogP contribution in [0.5, 0.6) is 0 Å². The topological polar surface area (TPSA) is 92.2 Å². The first-order valence-corrected chi connectivity index (χ1v) is 7.23. The Hall–Kier alpha value is -3.22. The van der Waals surface area contributed by atoms with E-state index in [2.05, 4.69) is 10.3 Å². The molecule has 122 valence electrons. The van der Waals surface area contributed by atoms with Gasteiger partial charge in [-0.1, -0.05) is 12.1 Å². The molecule has 0 aliphatic rings. The van der Waals surface area contributed by atoms with Gasteiger partial charge in [-0.2, -0.15) is 0 Å². The number of carbonyl (C=O) groups is 2. The molecule has 0 aliphatic carbocycles. The van der Waals surface area contributed by atoms with Crippen molar-refractivity contribution in [2.75, 3.05) is 5.32 Å². The third-order valence-electron chi connectivity index (χ3n) is 3.47. The molecule has 0 saturated carbocycles. The SMILES string of the molecule is O=C(CCC(=O)c1ccc2[nH]c(=O)oc2c1)Nc1ccccc1F. The number of amides is 1. The van der Waals surface area contributed by atoms with Gasteiger partial charge in [0, 0.05) is 18.4 Å². The standard InChI is InChI=1S/C17H13FN2O4/c18-11-3-1-2-4-12(11)19-16(22)8-7-14(21)10-5-6-13-15(9-10)24-17(23)20-13/h1-6,9H,7-8H2,(H,19,22)(H,20,23). The summed E-state index contributed by atoms with van der Waals surface area (Å²) in [6, 6.07) is 10.4. The van der Waals surface area contributed by atoms with E-state index in [1.165, 1.54) is 24.3 Å². The van der Waals surface area contributed by atoms with E-state index in [1.54, 1.807) is 18.2 Å². The molecule has 0 spiro atoms. The van der Waals surface area contributed by atoms with Crippen molar-refractivity contribution in [2.24, 2.45) is 0 Å². The number of Topliss-reactive ketones (excluding diaryl/α,β-unsaturated/α-hetero) is 1. The number of H-pyrrole nitrogens is 1. The summed E-state index contributed by atoms with van der Waals surface area (Å²) in [6.07, 6.45) is -0.122. The lowest BCUT2D eigenvalue weighted by Gasteiger charge is -2.06. The van der Waals surface area contributed by atoms with Crippen molar-refractivity contribution in [1.82, 2.24) is 4.98 Å². The van der Waals surface area contributed by atoms with E-state index >= 15 is 0 Å². The molecule has 1 amide bonds. The van der Waals surface area contributed by atoms with Crippen molar-refractivity contribution in [3.63, 3.8) is 0 Å². The largest absolute Gasteiger partial charge is 0.417 e. The Kier molecular flexibility index (Phi) is 4.24. The first-order chi connectivity index (χ1) is 11.5. The fourth-order valence-corrected chi connectivity index (χ4v) is 2.27. The summed E-state index contributed by atoms with van der Waals surface area (Å²) in [7, 11) is 0. The fraction of sp³-hybridized carbons (Fsp3) is 0.118. The Morgan fingerprint density at radius 1 is 1.12 bits per heavy atom. The molecular formula is C17H13FN2O4. The molecule has 0 unspecified atom stereocenters. The lowest BCUT2D eigenvalue weighted by Crippen LogP contribution is -2.14. The zero-order valence-corrected chi connectivity index (χ0v) is 12.5. The minimum atomic E-state index is -0.598. The van der Waals surface area contributed by atoms with Gasteiger partial charge in [-0.15, -0.1) is 0 Å². The number of anilines is 1. The molecule has 1 aromatic heterocycles. The number of para-hydroxylation sites is 1. The number of hydrogen-bond donors (Lipinski definition) is 2. The van der Waals surface area contributed by atoms with E-state index in [0.29, 0.717) is 11.1 Å². The molecule has 3 aromatic rings. The molecule has 6 nitrogen and oxygen atoms in total. The molecule has 1 heterocycles. The second-order valence-corrected chi connectivity index (χ2v) is 5.18.